The minimum atomic E-state index is 0.0761. The van der Waals surface area contributed by atoms with Crippen LogP contribution < -0.4 is 4.74 Å². The lowest BCUT2D eigenvalue weighted by atomic mass is 10.1. The third kappa shape index (κ3) is 2.90. The van der Waals surface area contributed by atoms with Crippen molar-refractivity contribution in [3.05, 3.63) is 65.9 Å². The number of phenols is 1. The average Bonchev–Trinajstić information content (AvgIpc) is 2.54. The molecule has 1 heterocycles. The molecule has 0 fully saturated rings. The molecule has 22 heavy (non-hydrogen) atoms. The van der Waals surface area contributed by atoms with E-state index in [0.29, 0.717) is 16.5 Å². The number of nitrogens with zero attached hydrogens (tertiary/aromatic N) is 1. The Kier molecular flexibility index (Phi) is 3.98. The van der Waals surface area contributed by atoms with E-state index in [1.165, 1.54) is 7.11 Å². The number of hydrogen-bond donors (Lipinski definition) is 1. The van der Waals surface area contributed by atoms with Gasteiger partial charge >= 0.3 is 0 Å². The second-order valence-corrected chi connectivity index (χ2v) is 5.22. The van der Waals surface area contributed by atoms with Gasteiger partial charge in [-0.25, -0.2) is 4.98 Å². The topological polar surface area (TPSA) is 42.4 Å². The first-order valence-corrected chi connectivity index (χ1v) is 7.15. The quantitative estimate of drug-likeness (QED) is 0.763. The number of para-hydroxylation sites is 1. The van der Waals surface area contributed by atoms with E-state index in [4.69, 9.17) is 16.3 Å². The van der Waals surface area contributed by atoms with Gasteiger partial charge < -0.3 is 9.84 Å². The molecule has 0 bridgehead atoms. The number of aromatic nitrogens is 1. The highest BCUT2D eigenvalue weighted by Crippen LogP contribution is 2.29. The molecule has 3 aromatic rings. The van der Waals surface area contributed by atoms with Gasteiger partial charge in [-0.1, -0.05) is 41.9 Å². The van der Waals surface area contributed by atoms with Crippen molar-refractivity contribution in [1.82, 2.24) is 4.98 Å². The number of hydrogen-bond acceptors (Lipinski definition) is 3. The van der Waals surface area contributed by atoms with Gasteiger partial charge in [0.1, 0.15) is 0 Å². The number of pyridine rings is 1. The normalized spacial score (nSPS) is 11.6. The molecule has 1 aromatic heterocycles. The van der Waals surface area contributed by atoms with Crippen molar-refractivity contribution in [1.29, 1.82) is 0 Å². The van der Waals surface area contributed by atoms with E-state index in [9.17, 15) is 5.11 Å². The van der Waals surface area contributed by atoms with E-state index in [-0.39, 0.29) is 5.75 Å². The largest absolute Gasteiger partial charge is 0.504 e. The fourth-order valence-corrected chi connectivity index (χ4v) is 2.45. The van der Waals surface area contributed by atoms with Crippen LogP contribution in [0.1, 0.15) is 11.3 Å². The van der Waals surface area contributed by atoms with Crippen LogP contribution in [-0.4, -0.2) is 17.2 Å². The van der Waals surface area contributed by atoms with E-state index in [2.05, 4.69) is 4.98 Å². The van der Waals surface area contributed by atoms with Crippen molar-refractivity contribution >= 4 is 33.6 Å². The second-order valence-electron chi connectivity index (χ2n) is 4.81. The molecule has 3 nitrogen and oxygen atoms in total. The Balaban J connectivity index is 1.97. The summed E-state index contributed by atoms with van der Waals surface area (Å²) in [6, 6.07) is 16.8. The van der Waals surface area contributed by atoms with Crippen molar-refractivity contribution < 1.29 is 9.84 Å². The molecule has 3 rings (SSSR count). The third-order valence-corrected chi connectivity index (χ3v) is 3.64. The van der Waals surface area contributed by atoms with Crippen LogP contribution in [-0.2, 0) is 0 Å². The zero-order valence-electron chi connectivity index (χ0n) is 12.0. The second kappa shape index (κ2) is 6.08. The summed E-state index contributed by atoms with van der Waals surface area (Å²) in [4.78, 5) is 4.54. The van der Waals surface area contributed by atoms with E-state index in [1.807, 2.05) is 42.5 Å². The number of rotatable bonds is 3. The molecular weight excluding hydrogens is 298 g/mol. The molecule has 0 atom stereocenters. The van der Waals surface area contributed by atoms with Gasteiger partial charge in [-0.15, -0.1) is 0 Å². The zero-order valence-corrected chi connectivity index (χ0v) is 12.7. The number of methoxy groups -OCH3 is 1. The Labute approximate surface area is 133 Å². The Hall–Kier alpha value is -2.52. The van der Waals surface area contributed by atoms with E-state index >= 15 is 0 Å². The van der Waals surface area contributed by atoms with Crippen LogP contribution in [0.3, 0.4) is 0 Å². The van der Waals surface area contributed by atoms with Crippen LogP contribution in [0.5, 0.6) is 11.5 Å². The highest BCUT2D eigenvalue weighted by Gasteiger charge is 2.05. The molecular formula is C18H14ClNO2. The van der Waals surface area contributed by atoms with Crippen LogP contribution in [0.15, 0.2) is 54.6 Å². The lowest BCUT2D eigenvalue weighted by Gasteiger charge is -2.05. The Bertz CT molecular complexity index is 859. The van der Waals surface area contributed by atoms with Gasteiger partial charge in [-0.2, -0.15) is 0 Å². The summed E-state index contributed by atoms with van der Waals surface area (Å²) in [7, 11) is 1.51. The Morgan fingerprint density at radius 2 is 1.95 bits per heavy atom. The van der Waals surface area contributed by atoms with Crippen LogP contribution in [0.4, 0.5) is 0 Å². The Morgan fingerprint density at radius 3 is 2.73 bits per heavy atom. The van der Waals surface area contributed by atoms with Gasteiger partial charge in [0.2, 0.25) is 0 Å². The van der Waals surface area contributed by atoms with Gasteiger partial charge in [0.25, 0.3) is 0 Å². The fraction of sp³-hybridized carbons (Fsp3) is 0.0556. The number of phenolic OH excluding ortho intramolecular Hbond substituents is 1. The van der Waals surface area contributed by atoms with Gasteiger partial charge in [0.15, 0.2) is 11.5 Å². The van der Waals surface area contributed by atoms with E-state index < -0.39 is 0 Å². The highest BCUT2D eigenvalue weighted by molar-refractivity contribution is 6.51. The highest BCUT2D eigenvalue weighted by atomic mass is 35.5. The molecule has 1 N–H and O–H groups in total. The first-order valence-electron chi connectivity index (χ1n) is 6.78. The minimum absolute atomic E-state index is 0.0761. The molecule has 0 saturated heterocycles. The van der Waals surface area contributed by atoms with Crippen molar-refractivity contribution in [2.24, 2.45) is 0 Å². The maximum absolute atomic E-state index is 9.80. The SMILES string of the molecule is COc1ccc(/C=C(\Cl)c2ccc3ccccc3n2)cc1O. The third-order valence-electron chi connectivity index (χ3n) is 3.34. The summed E-state index contributed by atoms with van der Waals surface area (Å²) in [5.74, 6) is 0.504. The molecule has 0 spiro atoms. The van der Waals surface area contributed by atoms with Gasteiger partial charge in [0.05, 0.1) is 23.4 Å². The zero-order chi connectivity index (χ0) is 15.5. The van der Waals surface area contributed by atoms with Crippen LogP contribution in [0, 0.1) is 0 Å². The molecule has 0 aliphatic carbocycles. The van der Waals surface area contributed by atoms with Crippen molar-refractivity contribution in [3.8, 4) is 11.5 Å². The van der Waals surface area contributed by atoms with Crippen LogP contribution in [0.2, 0.25) is 0 Å². The van der Waals surface area contributed by atoms with Crippen LogP contribution >= 0.6 is 11.6 Å². The summed E-state index contributed by atoms with van der Waals surface area (Å²) in [5.41, 5.74) is 2.36. The monoisotopic (exact) mass is 311 g/mol. The lowest BCUT2D eigenvalue weighted by molar-refractivity contribution is 0.373. The predicted molar refractivity (Wildman–Crippen MR) is 90.1 cm³/mol. The van der Waals surface area contributed by atoms with Gasteiger partial charge in [-0.05, 0) is 35.9 Å². The standard InChI is InChI=1S/C18H14ClNO2/c1-22-18-9-6-12(11-17(18)21)10-14(19)16-8-7-13-4-2-3-5-15(13)20-16/h2-11,21H,1H3/b14-10-. The molecule has 0 saturated carbocycles. The lowest BCUT2D eigenvalue weighted by Crippen LogP contribution is -1.87. The summed E-state index contributed by atoms with van der Waals surface area (Å²) in [6.45, 7) is 0. The molecule has 0 radical (unpaired) electrons. The molecule has 0 amide bonds. The van der Waals surface area contributed by atoms with Crippen molar-refractivity contribution in [2.75, 3.05) is 7.11 Å². The maximum atomic E-state index is 9.80. The first kappa shape index (κ1) is 14.4. The van der Waals surface area contributed by atoms with Crippen molar-refractivity contribution in [3.63, 3.8) is 0 Å². The van der Waals surface area contributed by atoms with Crippen LogP contribution in [0.25, 0.3) is 22.0 Å². The summed E-state index contributed by atoms with van der Waals surface area (Å²) in [6.07, 6.45) is 1.76. The van der Waals surface area contributed by atoms with Crippen molar-refractivity contribution in [2.45, 2.75) is 0 Å². The Morgan fingerprint density at radius 1 is 1.14 bits per heavy atom. The van der Waals surface area contributed by atoms with Gasteiger partial charge in [-0.3, -0.25) is 0 Å². The van der Waals surface area contributed by atoms with E-state index in [0.717, 1.165) is 16.5 Å². The smallest absolute Gasteiger partial charge is 0.160 e. The average molecular weight is 312 g/mol. The number of ether oxygens (including phenoxy) is 1. The van der Waals surface area contributed by atoms with Gasteiger partial charge in [0, 0.05) is 5.39 Å². The number of fused-ring (bicyclic) bond motifs is 1. The summed E-state index contributed by atoms with van der Waals surface area (Å²) >= 11 is 6.35. The fourth-order valence-electron chi connectivity index (χ4n) is 2.22. The molecule has 2 aromatic carbocycles. The molecule has 110 valence electrons. The predicted octanol–water partition coefficient (Wildman–Crippen LogP) is 4.69. The summed E-state index contributed by atoms with van der Waals surface area (Å²) in [5, 5.41) is 11.4. The first-order chi connectivity index (χ1) is 10.7. The maximum Gasteiger partial charge on any atom is 0.160 e. The number of halogens is 1. The number of benzene rings is 2. The number of aromatic hydroxyl groups is 1. The summed E-state index contributed by atoms with van der Waals surface area (Å²) < 4.78 is 5.02. The molecule has 4 heteroatoms. The van der Waals surface area contributed by atoms with E-state index in [1.54, 1.807) is 18.2 Å². The molecule has 0 aliphatic heterocycles. The molecule has 0 unspecified atom stereocenters. The minimum Gasteiger partial charge on any atom is -0.504 e. The molecule has 0 aliphatic rings.